The minimum absolute atomic E-state index is 0.0523. The molecule has 0 aromatic carbocycles. The van der Waals surface area contributed by atoms with E-state index in [1.165, 1.54) is 5.57 Å². The van der Waals surface area contributed by atoms with Crippen LogP contribution in [0.5, 0.6) is 0 Å². The van der Waals surface area contributed by atoms with Gasteiger partial charge in [-0.1, -0.05) is 51.2 Å². The van der Waals surface area contributed by atoms with Crippen LogP contribution in [0.3, 0.4) is 0 Å². The topological polar surface area (TPSA) is 0 Å². The molecule has 0 heterocycles. The summed E-state index contributed by atoms with van der Waals surface area (Å²) in [5, 5.41) is 0. The van der Waals surface area contributed by atoms with Crippen molar-refractivity contribution < 1.29 is 7.77 Å². The second-order valence-corrected chi connectivity index (χ2v) is 7.88. The molecule has 1 unspecified atom stereocenters. The minimum Gasteiger partial charge on any atom is -0.165 e. The molecule has 0 aliphatic heterocycles. The summed E-state index contributed by atoms with van der Waals surface area (Å²) < 4.78 is 25.5. The van der Waals surface area contributed by atoms with Crippen molar-refractivity contribution in [3.05, 3.63) is 37.0 Å². The van der Waals surface area contributed by atoms with Gasteiger partial charge in [-0.3, -0.25) is 0 Å². The van der Waals surface area contributed by atoms with E-state index < -0.39 is 5.41 Å². The van der Waals surface area contributed by atoms with E-state index in [2.05, 4.69) is 33.6 Å². The van der Waals surface area contributed by atoms with Gasteiger partial charge in [0.15, 0.2) is 0 Å². The lowest BCUT2D eigenvalue weighted by Gasteiger charge is -2.35. The van der Waals surface area contributed by atoms with Crippen LogP contribution in [0.15, 0.2) is 37.0 Å². The van der Waals surface area contributed by atoms with E-state index in [0.717, 1.165) is 44.1 Å². The monoisotopic (exact) mass is 362 g/mol. The Labute approximate surface area is 150 Å². The molecule has 0 spiro atoms. The van der Waals surface area contributed by atoms with Crippen LogP contribution in [0, 0.1) is 10.8 Å². The average Bonchev–Trinajstić information content (AvgIpc) is 2.52. The standard InChI is InChI=1S/C19H32F2S2/c1-7-9-10-11-16(3)18(5,8-2)13-12-17(4)19(6,14-22-20)15-23-21/h7H,1,3-4,8-15H2,2,5-6H3. The first kappa shape index (κ1) is 22.8. The molecule has 0 N–H and O–H groups in total. The van der Waals surface area contributed by atoms with E-state index in [-0.39, 0.29) is 41.2 Å². The van der Waals surface area contributed by atoms with Gasteiger partial charge in [-0.2, -0.15) is 7.77 Å². The molecule has 1 atom stereocenters. The number of hydrogen-bond acceptors (Lipinski definition) is 2. The second kappa shape index (κ2) is 11.4. The van der Waals surface area contributed by atoms with Gasteiger partial charge in [0.2, 0.25) is 0 Å². The highest BCUT2D eigenvalue weighted by Gasteiger charge is 2.31. The normalized spacial score (nSPS) is 14.3. The van der Waals surface area contributed by atoms with Crippen molar-refractivity contribution >= 4 is 24.3 Å². The van der Waals surface area contributed by atoms with E-state index >= 15 is 0 Å². The first-order chi connectivity index (χ1) is 10.8. The average molecular weight is 363 g/mol. The van der Waals surface area contributed by atoms with Crippen LogP contribution in [-0.2, 0) is 0 Å². The Hall–Kier alpha value is -0.220. The van der Waals surface area contributed by atoms with Gasteiger partial charge in [-0.05, 0) is 43.9 Å². The largest absolute Gasteiger partial charge is 0.165 e. The molecule has 0 bridgehead atoms. The fourth-order valence-corrected chi connectivity index (χ4v) is 3.80. The first-order valence-corrected chi connectivity index (χ1v) is 10.0. The summed E-state index contributed by atoms with van der Waals surface area (Å²) in [6.07, 6.45) is 7.74. The van der Waals surface area contributed by atoms with Crippen molar-refractivity contribution in [3.8, 4) is 0 Å². The third kappa shape index (κ3) is 7.47. The zero-order valence-electron chi connectivity index (χ0n) is 14.9. The van der Waals surface area contributed by atoms with Crippen LogP contribution in [0.25, 0.3) is 0 Å². The van der Waals surface area contributed by atoms with E-state index in [1.807, 2.05) is 13.0 Å². The number of halogens is 2. The highest BCUT2D eigenvalue weighted by molar-refractivity contribution is 7.95. The molecule has 4 heteroatoms. The molecule has 0 aliphatic carbocycles. The Morgan fingerprint density at radius 1 is 1.00 bits per heavy atom. The zero-order valence-corrected chi connectivity index (χ0v) is 16.6. The molecule has 134 valence electrons. The van der Waals surface area contributed by atoms with Crippen LogP contribution in [0.2, 0.25) is 0 Å². The van der Waals surface area contributed by atoms with E-state index in [9.17, 15) is 7.77 Å². The molecule has 0 rings (SSSR count). The van der Waals surface area contributed by atoms with Gasteiger partial charge < -0.3 is 0 Å². The molecular weight excluding hydrogens is 330 g/mol. The molecular formula is C19H32F2S2. The maximum Gasteiger partial charge on any atom is 0.0452 e. The summed E-state index contributed by atoms with van der Waals surface area (Å²) in [6.45, 7) is 18.5. The van der Waals surface area contributed by atoms with E-state index in [0.29, 0.717) is 0 Å². The van der Waals surface area contributed by atoms with Crippen molar-refractivity contribution in [2.75, 3.05) is 11.5 Å². The number of rotatable bonds is 14. The summed E-state index contributed by atoms with van der Waals surface area (Å²) in [6, 6.07) is 0. The lowest BCUT2D eigenvalue weighted by molar-refractivity contribution is 0.328. The maximum absolute atomic E-state index is 12.7. The van der Waals surface area contributed by atoms with E-state index in [1.54, 1.807) is 0 Å². The molecule has 23 heavy (non-hydrogen) atoms. The van der Waals surface area contributed by atoms with Gasteiger partial charge in [-0.15, -0.1) is 6.58 Å². The molecule has 0 radical (unpaired) electrons. The Bertz CT molecular complexity index is 387. The van der Waals surface area contributed by atoms with Gasteiger partial charge in [0.05, 0.1) is 0 Å². The predicted molar refractivity (Wildman–Crippen MR) is 105 cm³/mol. The quantitative estimate of drug-likeness (QED) is 0.227. The van der Waals surface area contributed by atoms with Crippen molar-refractivity contribution in [2.45, 2.75) is 59.3 Å². The lowest BCUT2D eigenvalue weighted by Crippen LogP contribution is -2.26. The van der Waals surface area contributed by atoms with Gasteiger partial charge in [0, 0.05) is 41.2 Å². The molecule has 0 nitrogen and oxygen atoms in total. The van der Waals surface area contributed by atoms with Gasteiger partial charge >= 0.3 is 0 Å². The number of hydrogen-bond donors (Lipinski definition) is 0. The molecule has 0 saturated heterocycles. The minimum atomic E-state index is -0.502. The predicted octanol–water partition coefficient (Wildman–Crippen LogP) is 7.89. The van der Waals surface area contributed by atoms with Crippen molar-refractivity contribution in [1.82, 2.24) is 0 Å². The summed E-state index contributed by atoms with van der Waals surface area (Å²) in [4.78, 5) is 0. The second-order valence-electron chi connectivity index (χ2n) is 6.87. The molecule has 0 amide bonds. The summed E-state index contributed by atoms with van der Waals surface area (Å²) in [5.41, 5.74) is 1.75. The number of allylic oxidation sites excluding steroid dienone is 3. The Morgan fingerprint density at radius 2 is 1.52 bits per heavy atom. The van der Waals surface area contributed by atoms with Crippen molar-refractivity contribution in [3.63, 3.8) is 0 Å². The molecule has 0 saturated carbocycles. The zero-order chi connectivity index (χ0) is 17.9. The number of unbranched alkanes of at least 4 members (excludes halogenated alkanes) is 1. The van der Waals surface area contributed by atoms with Crippen LogP contribution in [0.4, 0.5) is 7.77 Å². The maximum atomic E-state index is 12.7. The highest BCUT2D eigenvalue weighted by Crippen LogP contribution is 2.42. The van der Waals surface area contributed by atoms with Crippen LogP contribution >= 0.6 is 24.3 Å². The van der Waals surface area contributed by atoms with Crippen molar-refractivity contribution in [1.29, 1.82) is 0 Å². The van der Waals surface area contributed by atoms with Crippen LogP contribution in [0.1, 0.15) is 59.3 Å². The highest BCUT2D eigenvalue weighted by atomic mass is 32.2. The van der Waals surface area contributed by atoms with E-state index in [4.69, 9.17) is 0 Å². The fourth-order valence-electron chi connectivity index (χ4n) is 2.58. The third-order valence-electron chi connectivity index (χ3n) is 5.10. The van der Waals surface area contributed by atoms with Crippen molar-refractivity contribution in [2.24, 2.45) is 10.8 Å². The Morgan fingerprint density at radius 3 is 1.96 bits per heavy atom. The Balaban J connectivity index is 4.76. The molecule has 0 aliphatic rings. The Kier molecular flexibility index (Phi) is 11.2. The third-order valence-corrected chi connectivity index (χ3v) is 6.59. The summed E-state index contributed by atoms with van der Waals surface area (Å²) >= 11 is 0.536. The van der Waals surface area contributed by atoms with Crippen LogP contribution in [-0.4, -0.2) is 11.5 Å². The summed E-state index contributed by atoms with van der Waals surface area (Å²) in [5.74, 6) is 0.512. The van der Waals surface area contributed by atoms with Gasteiger partial charge in [0.1, 0.15) is 0 Å². The molecule has 0 aromatic rings. The van der Waals surface area contributed by atoms with Gasteiger partial charge in [-0.25, -0.2) is 0 Å². The molecule has 0 fully saturated rings. The lowest BCUT2D eigenvalue weighted by atomic mass is 9.72. The smallest absolute Gasteiger partial charge is 0.0452 e. The summed E-state index contributed by atoms with van der Waals surface area (Å²) in [7, 11) is 0. The fraction of sp³-hybridized carbons (Fsp3) is 0.684. The van der Waals surface area contributed by atoms with Crippen LogP contribution < -0.4 is 0 Å². The SMILES string of the molecule is C=CCCCC(=C)C(C)(CC)CCC(=C)C(C)(CSF)CSF. The van der Waals surface area contributed by atoms with Gasteiger partial charge in [0.25, 0.3) is 0 Å². The first-order valence-electron chi connectivity index (χ1n) is 8.24. The molecule has 0 aromatic heterocycles.